The van der Waals surface area contributed by atoms with Gasteiger partial charge in [-0.2, -0.15) is 0 Å². The highest BCUT2D eigenvalue weighted by Gasteiger charge is 2.39. The van der Waals surface area contributed by atoms with E-state index in [0.29, 0.717) is 0 Å². The summed E-state index contributed by atoms with van der Waals surface area (Å²) in [6.45, 7) is 2.96. The lowest BCUT2D eigenvalue weighted by molar-refractivity contribution is -0.122. The number of carbonyl (C=O) groups is 1. The Morgan fingerprint density at radius 2 is 2.53 bits per heavy atom. The molecular weight excluding hydrogens is 282 g/mol. The number of anilines is 1. The summed E-state index contributed by atoms with van der Waals surface area (Å²) in [5.74, 6) is 0.0457. The van der Waals surface area contributed by atoms with Crippen LogP contribution in [0.15, 0.2) is 22.9 Å². The quantitative estimate of drug-likeness (QED) is 0.900. The van der Waals surface area contributed by atoms with E-state index in [1.165, 1.54) is 0 Å². The second kappa shape index (κ2) is 5.14. The molecule has 4 nitrogen and oxygen atoms in total. The molecule has 1 aliphatic rings. The molecule has 0 saturated carbocycles. The van der Waals surface area contributed by atoms with Crippen molar-refractivity contribution in [3.05, 3.63) is 22.9 Å². The van der Waals surface area contributed by atoms with Crippen LogP contribution in [-0.4, -0.2) is 23.0 Å². The molecule has 1 unspecified atom stereocenters. The van der Waals surface area contributed by atoms with E-state index >= 15 is 0 Å². The van der Waals surface area contributed by atoms with Gasteiger partial charge in [0.25, 0.3) is 0 Å². The van der Waals surface area contributed by atoms with E-state index in [-0.39, 0.29) is 5.91 Å². The van der Waals surface area contributed by atoms with Crippen LogP contribution in [0.3, 0.4) is 0 Å². The minimum absolute atomic E-state index is 0.0457. The van der Waals surface area contributed by atoms with Gasteiger partial charge in [0.05, 0.1) is 15.7 Å². The molecule has 2 N–H and O–H groups in total. The average Bonchev–Trinajstić information content (AvgIpc) is 2.82. The number of hydrogen-bond donors (Lipinski definition) is 2. The van der Waals surface area contributed by atoms with Crippen LogP contribution < -0.4 is 10.6 Å². The highest BCUT2D eigenvalue weighted by atomic mass is 79.9. The number of carbonyl (C=O) groups excluding carboxylic acids is 1. The largest absolute Gasteiger partial charge is 0.323 e. The molecular formula is C12H16BrN3O. The zero-order chi connectivity index (χ0) is 12.3. The lowest BCUT2D eigenvalue weighted by Gasteiger charge is -2.26. The molecule has 1 aromatic heterocycles. The Balaban J connectivity index is 2.14. The van der Waals surface area contributed by atoms with Gasteiger partial charge in [-0.05, 0) is 47.8 Å². The maximum atomic E-state index is 12.3. The molecule has 2 rings (SSSR count). The van der Waals surface area contributed by atoms with Crippen LogP contribution in [-0.2, 0) is 4.79 Å². The number of nitrogens with one attached hydrogen (secondary N) is 2. The summed E-state index contributed by atoms with van der Waals surface area (Å²) in [5.41, 5.74) is 0.370. The summed E-state index contributed by atoms with van der Waals surface area (Å²) >= 11 is 3.38. The Hall–Kier alpha value is -0.940. The van der Waals surface area contributed by atoms with Crippen molar-refractivity contribution in [1.29, 1.82) is 0 Å². The SMILES string of the molecule is CCC1(C(=O)Nc2ccncc2Br)CCCN1. The summed E-state index contributed by atoms with van der Waals surface area (Å²) < 4.78 is 0.803. The van der Waals surface area contributed by atoms with Gasteiger partial charge in [-0.25, -0.2) is 0 Å². The van der Waals surface area contributed by atoms with Crippen LogP contribution in [0, 0.1) is 0 Å². The average molecular weight is 298 g/mol. The lowest BCUT2D eigenvalue weighted by Crippen LogP contribution is -2.50. The molecule has 0 radical (unpaired) electrons. The monoisotopic (exact) mass is 297 g/mol. The summed E-state index contributed by atoms with van der Waals surface area (Å²) in [4.78, 5) is 16.3. The second-order valence-electron chi connectivity index (χ2n) is 4.28. The van der Waals surface area contributed by atoms with Crippen molar-refractivity contribution in [2.45, 2.75) is 31.7 Å². The highest BCUT2D eigenvalue weighted by Crippen LogP contribution is 2.27. The zero-order valence-corrected chi connectivity index (χ0v) is 11.4. The predicted octanol–water partition coefficient (Wildman–Crippen LogP) is 2.31. The molecule has 92 valence electrons. The number of halogens is 1. The van der Waals surface area contributed by atoms with Gasteiger partial charge in [0.1, 0.15) is 0 Å². The highest BCUT2D eigenvalue weighted by molar-refractivity contribution is 9.10. The van der Waals surface area contributed by atoms with Gasteiger partial charge in [-0.1, -0.05) is 6.92 Å². The maximum absolute atomic E-state index is 12.3. The minimum atomic E-state index is -0.400. The molecule has 17 heavy (non-hydrogen) atoms. The molecule has 2 heterocycles. The summed E-state index contributed by atoms with van der Waals surface area (Å²) in [5, 5.41) is 6.27. The zero-order valence-electron chi connectivity index (χ0n) is 9.79. The van der Waals surface area contributed by atoms with Crippen molar-refractivity contribution < 1.29 is 4.79 Å². The van der Waals surface area contributed by atoms with Crippen LogP contribution in [0.1, 0.15) is 26.2 Å². The predicted molar refractivity (Wildman–Crippen MR) is 70.8 cm³/mol. The molecule has 1 fully saturated rings. The van der Waals surface area contributed by atoms with Crippen LogP contribution in [0.2, 0.25) is 0 Å². The lowest BCUT2D eigenvalue weighted by atomic mass is 9.93. The van der Waals surface area contributed by atoms with E-state index in [0.717, 1.165) is 36.0 Å². The van der Waals surface area contributed by atoms with E-state index in [1.807, 2.05) is 6.92 Å². The van der Waals surface area contributed by atoms with E-state index in [2.05, 4.69) is 31.5 Å². The van der Waals surface area contributed by atoms with Crippen molar-refractivity contribution in [1.82, 2.24) is 10.3 Å². The van der Waals surface area contributed by atoms with Crippen molar-refractivity contribution in [2.24, 2.45) is 0 Å². The van der Waals surface area contributed by atoms with Crippen LogP contribution in [0.5, 0.6) is 0 Å². The third kappa shape index (κ3) is 2.50. The fourth-order valence-corrected chi connectivity index (χ4v) is 2.53. The number of aromatic nitrogens is 1. The molecule has 1 aliphatic heterocycles. The normalized spacial score (nSPS) is 23.6. The first-order valence-electron chi connectivity index (χ1n) is 5.84. The van der Waals surface area contributed by atoms with E-state index in [4.69, 9.17) is 0 Å². The van der Waals surface area contributed by atoms with E-state index in [9.17, 15) is 4.79 Å². The molecule has 0 aromatic carbocycles. The number of nitrogens with zero attached hydrogens (tertiary/aromatic N) is 1. The third-order valence-electron chi connectivity index (χ3n) is 3.30. The fraction of sp³-hybridized carbons (Fsp3) is 0.500. The fourth-order valence-electron chi connectivity index (χ4n) is 2.18. The topological polar surface area (TPSA) is 54.0 Å². The van der Waals surface area contributed by atoms with Crippen LogP contribution in [0.4, 0.5) is 5.69 Å². The van der Waals surface area contributed by atoms with Gasteiger partial charge in [0, 0.05) is 12.4 Å². The van der Waals surface area contributed by atoms with E-state index in [1.54, 1.807) is 18.5 Å². The third-order valence-corrected chi connectivity index (χ3v) is 3.93. The summed E-state index contributed by atoms with van der Waals surface area (Å²) in [6, 6.07) is 1.79. The number of pyridine rings is 1. The molecule has 0 spiro atoms. The summed E-state index contributed by atoms with van der Waals surface area (Å²) in [6.07, 6.45) is 6.11. The van der Waals surface area contributed by atoms with Gasteiger partial charge in [-0.15, -0.1) is 0 Å². The van der Waals surface area contributed by atoms with Gasteiger partial charge >= 0.3 is 0 Å². The maximum Gasteiger partial charge on any atom is 0.244 e. The first-order chi connectivity index (χ1) is 8.18. The molecule has 1 amide bonds. The Morgan fingerprint density at radius 3 is 3.12 bits per heavy atom. The van der Waals surface area contributed by atoms with E-state index < -0.39 is 5.54 Å². The molecule has 1 aromatic rings. The molecule has 1 saturated heterocycles. The van der Waals surface area contributed by atoms with Crippen molar-refractivity contribution in [3.63, 3.8) is 0 Å². The van der Waals surface area contributed by atoms with Gasteiger partial charge < -0.3 is 10.6 Å². The van der Waals surface area contributed by atoms with Crippen molar-refractivity contribution in [3.8, 4) is 0 Å². The first-order valence-corrected chi connectivity index (χ1v) is 6.63. The van der Waals surface area contributed by atoms with Crippen molar-refractivity contribution in [2.75, 3.05) is 11.9 Å². The molecule has 5 heteroatoms. The Kier molecular flexibility index (Phi) is 3.79. The van der Waals surface area contributed by atoms with Gasteiger partial charge in [-0.3, -0.25) is 9.78 Å². The molecule has 1 atom stereocenters. The summed E-state index contributed by atoms with van der Waals surface area (Å²) in [7, 11) is 0. The van der Waals surface area contributed by atoms with Crippen molar-refractivity contribution >= 4 is 27.5 Å². The smallest absolute Gasteiger partial charge is 0.244 e. The van der Waals surface area contributed by atoms with Crippen LogP contribution >= 0.6 is 15.9 Å². The Labute approximate surface area is 109 Å². The Bertz CT molecular complexity index is 416. The standard InChI is InChI=1S/C12H16BrN3O/c1-2-12(5-3-6-15-12)11(17)16-10-4-7-14-8-9(10)13/h4,7-8,15H,2-3,5-6H2,1H3,(H,14,16,17). The minimum Gasteiger partial charge on any atom is -0.323 e. The van der Waals surface area contributed by atoms with Gasteiger partial charge in [0.2, 0.25) is 5.91 Å². The van der Waals surface area contributed by atoms with Crippen LogP contribution in [0.25, 0.3) is 0 Å². The molecule has 0 bridgehead atoms. The van der Waals surface area contributed by atoms with Gasteiger partial charge in [0.15, 0.2) is 0 Å². The number of amides is 1. The molecule has 0 aliphatic carbocycles. The Morgan fingerprint density at radius 1 is 1.71 bits per heavy atom. The first kappa shape index (κ1) is 12.5. The second-order valence-corrected chi connectivity index (χ2v) is 5.13. The number of hydrogen-bond acceptors (Lipinski definition) is 3. The number of rotatable bonds is 3.